The van der Waals surface area contributed by atoms with E-state index >= 15 is 0 Å². The Kier molecular flexibility index (Phi) is 3.86. The Bertz CT molecular complexity index is 669. The van der Waals surface area contributed by atoms with Crippen LogP contribution < -0.4 is 11.1 Å². The standard InChI is InChI=1S/C15H23N7O/c1-22-12(19-20-15(22)10-6-11(16)7-10)8-17-5-4-13-18-14(21-23-13)9-2-3-9/h9-11,17H,2-8,16H2,1H3. The maximum atomic E-state index is 5.85. The molecule has 124 valence electrons. The SMILES string of the molecule is Cn1c(CNCCc2nc(C3CC3)no2)nnc1C1CC(N)C1. The normalized spacial score (nSPS) is 23.9. The van der Waals surface area contributed by atoms with Gasteiger partial charge in [-0.1, -0.05) is 5.16 Å². The Morgan fingerprint density at radius 3 is 2.83 bits per heavy atom. The summed E-state index contributed by atoms with van der Waals surface area (Å²) in [5.41, 5.74) is 5.85. The summed E-state index contributed by atoms with van der Waals surface area (Å²) in [7, 11) is 2.02. The lowest BCUT2D eigenvalue weighted by Crippen LogP contribution is -2.36. The summed E-state index contributed by atoms with van der Waals surface area (Å²) >= 11 is 0. The van der Waals surface area contributed by atoms with Gasteiger partial charge in [0.1, 0.15) is 11.6 Å². The fourth-order valence-electron chi connectivity index (χ4n) is 3.03. The fraction of sp³-hybridized carbons (Fsp3) is 0.733. The van der Waals surface area contributed by atoms with Gasteiger partial charge >= 0.3 is 0 Å². The average molecular weight is 317 g/mol. The molecular weight excluding hydrogens is 294 g/mol. The zero-order valence-electron chi connectivity index (χ0n) is 13.4. The molecule has 0 aromatic carbocycles. The summed E-state index contributed by atoms with van der Waals surface area (Å²) < 4.78 is 7.35. The van der Waals surface area contributed by atoms with Crippen molar-refractivity contribution >= 4 is 0 Å². The van der Waals surface area contributed by atoms with Crippen molar-refractivity contribution in [2.45, 2.75) is 56.5 Å². The average Bonchev–Trinajstić information content (AvgIpc) is 3.15. The summed E-state index contributed by atoms with van der Waals surface area (Å²) in [5.74, 6) is 4.59. The topological polar surface area (TPSA) is 108 Å². The Hall–Kier alpha value is -1.80. The van der Waals surface area contributed by atoms with Crippen LogP contribution in [0.2, 0.25) is 0 Å². The van der Waals surface area contributed by atoms with Gasteiger partial charge in [-0.15, -0.1) is 10.2 Å². The number of rotatable bonds is 7. The first-order chi connectivity index (χ1) is 11.2. The van der Waals surface area contributed by atoms with E-state index in [-0.39, 0.29) is 0 Å². The molecule has 0 atom stereocenters. The van der Waals surface area contributed by atoms with Crippen LogP contribution in [-0.2, 0) is 20.0 Å². The van der Waals surface area contributed by atoms with E-state index in [9.17, 15) is 0 Å². The van der Waals surface area contributed by atoms with Crippen LogP contribution in [0.3, 0.4) is 0 Å². The van der Waals surface area contributed by atoms with E-state index in [1.165, 1.54) is 12.8 Å². The van der Waals surface area contributed by atoms with Gasteiger partial charge in [0.15, 0.2) is 5.82 Å². The van der Waals surface area contributed by atoms with E-state index in [0.717, 1.165) is 43.3 Å². The smallest absolute Gasteiger partial charge is 0.227 e. The molecule has 4 rings (SSSR count). The van der Waals surface area contributed by atoms with E-state index in [1.807, 2.05) is 7.05 Å². The third-order valence-corrected chi connectivity index (χ3v) is 4.76. The maximum absolute atomic E-state index is 5.85. The third kappa shape index (κ3) is 3.13. The fourth-order valence-corrected chi connectivity index (χ4v) is 3.03. The van der Waals surface area contributed by atoms with Gasteiger partial charge in [0, 0.05) is 37.9 Å². The van der Waals surface area contributed by atoms with Crippen LogP contribution in [0.25, 0.3) is 0 Å². The molecule has 2 saturated carbocycles. The lowest BCUT2D eigenvalue weighted by atomic mass is 9.80. The van der Waals surface area contributed by atoms with Crippen molar-refractivity contribution in [3.8, 4) is 0 Å². The monoisotopic (exact) mass is 317 g/mol. The first-order valence-electron chi connectivity index (χ1n) is 8.37. The summed E-state index contributed by atoms with van der Waals surface area (Å²) in [6.07, 6.45) is 5.15. The van der Waals surface area contributed by atoms with Crippen molar-refractivity contribution in [2.75, 3.05) is 6.54 Å². The molecule has 0 radical (unpaired) electrons. The molecule has 8 heteroatoms. The van der Waals surface area contributed by atoms with E-state index in [0.29, 0.717) is 30.3 Å². The second-order valence-corrected chi connectivity index (χ2v) is 6.71. The number of hydrogen-bond donors (Lipinski definition) is 2. The summed E-state index contributed by atoms with van der Waals surface area (Å²) in [5, 5.41) is 16.0. The quantitative estimate of drug-likeness (QED) is 0.720. The second-order valence-electron chi connectivity index (χ2n) is 6.71. The third-order valence-electron chi connectivity index (χ3n) is 4.76. The van der Waals surface area contributed by atoms with Crippen LogP contribution in [0.5, 0.6) is 0 Å². The number of nitrogens with zero attached hydrogens (tertiary/aromatic N) is 5. The van der Waals surface area contributed by atoms with Crippen LogP contribution in [0.15, 0.2) is 4.52 Å². The number of nitrogens with one attached hydrogen (secondary N) is 1. The molecule has 2 fully saturated rings. The lowest BCUT2D eigenvalue weighted by Gasteiger charge is -2.31. The van der Waals surface area contributed by atoms with Gasteiger partial charge in [0.05, 0.1) is 6.54 Å². The van der Waals surface area contributed by atoms with Crippen LogP contribution in [0.1, 0.15) is 60.9 Å². The molecule has 2 aromatic rings. The zero-order chi connectivity index (χ0) is 15.8. The van der Waals surface area contributed by atoms with Crippen LogP contribution in [-0.4, -0.2) is 37.5 Å². The van der Waals surface area contributed by atoms with Crippen molar-refractivity contribution < 1.29 is 4.52 Å². The number of aromatic nitrogens is 5. The predicted molar refractivity (Wildman–Crippen MR) is 82.6 cm³/mol. The molecule has 0 bridgehead atoms. The molecule has 0 spiro atoms. The molecule has 8 nitrogen and oxygen atoms in total. The highest BCUT2D eigenvalue weighted by Crippen LogP contribution is 2.38. The minimum atomic E-state index is 0.327. The maximum Gasteiger partial charge on any atom is 0.227 e. The molecule has 2 aliphatic carbocycles. The van der Waals surface area contributed by atoms with Crippen molar-refractivity contribution in [1.29, 1.82) is 0 Å². The van der Waals surface area contributed by atoms with Crippen molar-refractivity contribution in [2.24, 2.45) is 12.8 Å². The Morgan fingerprint density at radius 1 is 1.26 bits per heavy atom. The molecule has 2 aliphatic rings. The molecule has 2 heterocycles. The van der Waals surface area contributed by atoms with Crippen molar-refractivity contribution in [1.82, 2.24) is 30.2 Å². The van der Waals surface area contributed by atoms with E-state index in [4.69, 9.17) is 10.3 Å². The lowest BCUT2D eigenvalue weighted by molar-refractivity contribution is 0.331. The first-order valence-corrected chi connectivity index (χ1v) is 8.37. The van der Waals surface area contributed by atoms with Crippen molar-refractivity contribution in [3.05, 3.63) is 23.4 Å². The van der Waals surface area contributed by atoms with Gasteiger partial charge < -0.3 is 20.1 Å². The predicted octanol–water partition coefficient (Wildman–Crippen LogP) is 0.612. The zero-order valence-corrected chi connectivity index (χ0v) is 13.4. The van der Waals surface area contributed by atoms with E-state index in [1.54, 1.807) is 0 Å². The van der Waals surface area contributed by atoms with Crippen LogP contribution in [0.4, 0.5) is 0 Å². The van der Waals surface area contributed by atoms with Gasteiger partial charge in [-0.05, 0) is 25.7 Å². The van der Waals surface area contributed by atoms with E-state index in [2.05, 4.69) is 30.2 Å². The molecule has 23 heavy (non-hydrogen) atoms. The number of hydrogen-bond acceptors (Lipinski definition) is 7. The molecule has 0 aliphatic heterocycles. The Balaban J connectivity index is 1.24. The summed E-state index contributed by atoms with van der Waals surface area (Å²) in [6, 6.07) is 0.327. The van der Waals surface area contributed by atoms with Gasteiger partial charge in [-0.25, -0.2) is 0 Å². The van der Waals surface area contributed by atoms with Crippen LogP contribution >= 0.6 is 0 Å². The molecule has 0 unspecified atom stereocenters. The van der Waals surface area contributed by atoms with Crippen molar-refractivity contribution in [3.63, 3.8) is 0 Å². The minimum absolute atomic E-state index is 0.327. The highest BCUT2D eigenvalue weighted by Gasteiger charge is 2.31. The van der Waals surface area contributed by atoms with Gasteiger partial charge in [-0.2, -0.15) is 4.98 Å². The van der Waals surface area contributed by atoms with Gasteiger partial charge in [0.2, 0.25) is 5.89 Å². The second kappa shape index (κ2) is 6.01. The first kappa shape index (κ1) is 14.8. The summed E-state index contributed by atoms with van der Waals surface area (Å²) in [6.45, 7) is 1.47. The molecular formula is C15H23N7O. The van der Waals surface area contributed by atoms with Gasteiger partial charge in [0.25, 0.3) is 0 Å². The summed E-state index contributed by atoms with van der Waals surface area (Å²) in [4.78, 5) is 4.42. The van der Waals surface area contributed by atoms with E-state index < -0.39 is 0 Å². The largest absolute Gasteiger partial charge is 0.339 e. The Morgan fingerprint density at radius 2 is 2.09 bits per heavy atom. The number of nitrogens with two attached hydrogens (primary N) is 1. The molecule has 0 amide bonds. The van der Waals surface area contributed by atoms with Crippen LogP contribution in [0, 0.1) is 0 Å². The van der Waals surface area contributed by atoms with Gasteiger partial charge in [-0.3, -0.25) is 0 Å². The Labute approximate surface area is 134 Å². The minimum Gasteiger partial charge on any atom is -0.339 e. The highest BCUT2D eigenvalue weighted by molar-refractivity contribution is 5.08. The molecule has 3 N–H and O–H groups in total. The molecule has 0 saturated heterocycles. The highest BCUT2D eigenvalue weighted by atomic mass is 16.5. The molecule has 2 aromatic heterocycles.